The average molecular weight is 242 g/mol. The quantitative estimate of drug-likeness (QED) is 0.741. The topological polar surface area (TPSA) is 38.0 Å². The summed E-state index contributed by atoms with van der Waals surface area (Å²) in [6, 6.07) is 0.522. The van der Waals surface area contributed by atoms with Crippen molar-refractivity contribution in [3.05, 3.63) is 0 Å². The first-order chi connectivity index (χ1) is 6.97. The lowest BCUT2D eigenvalue weighted by Crippen LogP contribution is -2.40. The number of hydrogen-bond acceptors (Lipinski definition) is 3. The molecule has 0 aromatic carbocycles. The molecule has 1 fully saturated rings. The Hall–Kier alpha value is 0.0600. The zero-order valence-electron chi connectivity index (χ0n) is 8.52. The largest absolute Gasteiger partial charge is 0.441 e. The summed E-state index contributed by atoms with van der Waals surface area (Å²) in [4.78, 5) is 0. The van der Waals surface area contributed by atoms with E-state index < -0.39 is 5.51 Å². The van der Waals surface area contributed by atoms with Gasteiger partial charge in [-0.1, -0.05) is 6.42 Å². The molecule has 2 atom stereocenters. The van der Waals surface area contributed by atoms with Gasteiger partial charge >= 0.3 is 5.51 Å². The standard InChI is InChI=1S/C9H17F3N2S/c10-9(11,12)15-5-4-14-8-3-1-2-7(13)6-8/h7-8,14H,1-6,13H2. The number of halogens is 3. The van der Waals surface area contributed by atoms with Gasteiger partial charge < -0.3 is 11.1 Å². The third-order valence-electron chi connectivity index (χ3n) is 2.52. The molecule has 0 aromatic heterocycles. The van der Waals surface area contributed by atoms with Crippen LogP contribution in [0, 0.1) is 0 Å². The van der Waals surface area contributed by atoms with Crippen molar-refractivity contribution in [3.8, 4) is 0 Å². The predicted octanol–water partition coefficient (Wildman–Crippen LogP) is 2.10. The van der Waals surface area contributed by atoms with Crippen LogP contribution in [0.25, 0.3) is 0 Å². The van der Waals surface area contributed by atoms with Gasteiger partial charge in [0.25, 0.3) is 0 Å². The highest BCUT2D eigenvalue weighted by Crippen LogP contribution is 2.29. The molecule has 0 radical (unpaired) electrons. The van der Waals surface area contributed by atoms with Crippen LogP contribution in [0.15, 0.2) is 0 Å². The number of alkyl halides is 3. The van der Waals surface area contributed by atoms with Gasteiger partial charge in [-0.2, -0.15) is 13.2 Å². The van der Waals surface area contributed by atoms with Gasteiger partial charge in [-0.25, -0.2) is 0 Å². The molecule has 2 nitrogen and oxygen atoms in total. The van der Waals surface area contributed by atoms with Crippen molar-refractivity contribution in [2.45, 2.75) is 43.3 Å². The highest BCUT2D eigenvalue weighted by molar-refractivity contribution is 8.00. The number of hydrogen-bond donors (Lipinski definition) is 2. The Balaban J connectivity index is 2.04. The monoisotopic (exact) mass is 242 g/mol. The molecule has 1 aliphatic carbocycles. The van der Waals surface area contributed by atoms with E-state index >= 15 is 0 Å². The van der Waals surface area contributed by atoms with Crippen molar-refractivity contribution < 1.29 is 13.2 Å². The van der Waals surface area contributed by atoms with E-state index in [4.69, 9.17) is 5.73 Å². The number of thioether (sulfide) groups is 1. The van der Waals surface area contributed by atoms with Gasteiger partial charge in [0.05, 0.1) is 0 Å². The van der Waals surface area contributed by atoms with Crippen LogP contribution in [0.3, 0.4) is 0 Å². The van der Waals surface area contributed by atoms with Crippen LogP contribution >= 0.6 is 11.8 Å². The minimum absolute atomic E-state index is 0.0292. The van der Waals surface area contributed by atoms with E-state index in [0.29, 0.717) is 12.6 Å². The fourth-order valence-electron chi connectivity index (χ4n) is 1.84. The Morgan fingerprint density at radius 2 is 2.07 bits per heavy atom. The molecule has 0 bridgehead atoms. The Morgan fingerprint density at radius 3 is 2.67 bits per heavy atom. The van der Waals surface area contributed by atoms with Gasteiger partial charge in [-0.15, -0.1) is 0 Å². The number of rotatable bonds is 4. The summed E-state index contributed by atoms with van der Waals surface area (Å²) < 4.78 is 35.4. The van der Waals surface area contributed by atoms with Crippen LogP contribution in [0.4, 0.5) is 13.2 Å². The van der Waals surface area contributed by atoms with Gasteiger partial charge in [0, 0.05) is 24.4 Å². The Bertz CT molecular complexity index is 187. The fourth-order valence-corrected chi connectivity index (χ4v) is 2.29. The normalized spacial score (nSPS) is 28.0. The minimum atomic E-state index is -4.11. The van der Waals surface area contributed by atoms with Crippen LogP contribution < -0.4 is 11.1 Å². The predicted molar refractivity (Wildman–Crippen MR) is 56.7 cm³/mol. The smallest absolute Gasteiger partial charge is 0.328 e. The summed E-state index contributed by atoms with van der Waals surface area (Å²) in [7, 11) is 0. The van der Waals surface area contributed by atoms with Crippen molar-refractivity contribution in [1.82, 2.24) is 5.32 Å². The van der Waals surface area contributed by atoms with E-state index in [0.717, 1.165) is 25.7 Å². The van der Waals surface area contributed by atoms with E-state index in [9.17, 15) is 13.2 Å². The van der Waals surface area contributed by atoms with E-state index in [2.05, 4.69) is 5.32 Å². The third kappa shape index (κ3) is 6.27. The maximum Gasteiger partial charge on any atom is 0.441 e. The molecule has 0 saturated heterocycles. The van der Waals surface area contributed by atoms with E-state index in [1.54, 1.807) is 0 Å². The minimum Gasteiger partial charge on any atom is -0.328 e. The summed E-state index contributed by atoms with van der Waals surface area (Å²) in [5.41, 5.74) is 1.67. The molecule has 3 N–H and O–H groups in total. The molecule has 0 heterocycles. The third-order valence-corrected chi connectivity index (χ3v) is 3.25. The van der Waals surface area contributed by atoms with Crippen LogP contribution in [0.2, 0.25) is 0 Å². The second-order valence-corrected chi connectivity index (χ2v) is 5.03. The maximum atomic E-state index is 11.8. The highest BCUT2D eigenvalue weighted by Gasteiger charge is 2.27. The zero-order valence-corrected chi connectivity index (χ0v) is 9.33. The van der Waals surface area contributed by atoms with E-state index in [1.165, 1.54) is 0 Å². The second-order valence-electron chi connectivity index (χ2n) is 3.87. The van der Waals surface area contributed by atoms with Crippen LogP contribution in [-0.2, 0) is 0 Å². The highest BCUT2D eigenvalue weighted by atomic mass is 32.2. The summed E-state index contributed by atoms with van der Waals surface area (Å²) in [5.74, 6) is 0.0786. The molecule has 0 aliphatic heterocycles. The molecule has 0 spiro atoms. The molecule has 2 unspecified atom stereocenters. The van der Waals surface area contributed by atoms with Crippen molar-refractivity contribution >= 4 is 11.8 Å². The van der Waals surface area contributed by atoms with Crippen LogP contribution in [0.1, 0.15) is 25.7 Å². The summed E-state index contributed by atoms with van der Waals surface area (Å²) in [6.45, 7) is 0.404. The zero-order chi connectivity index (χ0) is 11.3. The Labute approximate surface area is 92.2 Å². The molecule has 1 aliphatic rings. The SMILES string of the molecule is NC1CCCC(NCCSC(F)(F)F)C1. The van der Waals surface area contributed by atoms with Crippen molar-refractivity contribution in [2.24, 2.45) is 5.73 Å². The molecule has 15 heavy (non-hydrogen) atoms. The fraction of sp³-hybridized carbons (Fsp3) is 1.00. The molecule has 1 rings (SSSR count). The lowest BCUT2D eigenvalue weighted by Gasteiger charge is -2.27. The molecular formula is C9H17F3N2S. The summed E-state index contributed by atoms with van der Waals surface area (Å²) in [6.07, 6.45) is 4.03. The lowest BCUT2D eigenvalue weighted by atomic mass is 9.92. The van der Waals surface area contributed by atoms with Gasteiger partial charge in [-0.3, -0.25) is 0 Å². The van der Waals surface area contributed by atoms with Crippen LogP contribution in [0.5, 0.6) is 0 Å². The van der Waals surface area contributed by atoms with E-state index in [1.807, 2.05) is 0 Å². The molecular weight excluding hydrogens is 225 g/mol. The Kier molecular flexibility index (Phi) is 5.22. The van der Waals surface area contributed by atoms with Gasteiger partial charge in [0.15, 0.2) is 0 Å². The molecule has 0 amide bonds. The van der Waals surface area contributed by atoms with E-state index in [-0.39, 0.29) is 23.6 Å². The molecule has 6 heteroatoms. The van der Waals surface area contributed by atoms with Gasteiger partial charge in [-0.05, 0) is 31.0 Å². The van der Waals surface area contributed by atoms with Gasteiger partial charge in [0.1, 0.15) is 0 Å². The second kappa shape index (κ2) is 5.96. The van der Waals surface area contributed by atoms with Crippen molar-refractivity contribution in [2.75, 3.05) is 12.3 Å². The molecule has 1 saturated carbocycles. The first kappa shape index (κ1) is 13.1. The number of nitrogens with two attached hydrogens (primary N) is 1. The maximum absolute atomic E-state index is 11.8. The van der Waals surface area contributed by atoms with Gasteiger partial charge in [0.2, 0.25) is 0 Å². The Morgan fingerprint density at radius 1 is 1.33 bits per heavy atom. The number of nitrogens with one attached hydrogen (secondary N) is 1. The van der Waals surface area contributed by atoms with Crippen LogP contribution in [-0.4, -0.2) is 29.9 Å². The first-order valence-electron chi connectivity index (χ1n) is 5.17. The average Bonchev–Trinajstić information content (AvgIpc) is 2.11. The summed E-state index contributed by atoms with van der Waals surface area (Å²) >= 11 is 0.0292. The van der Waals surface area contributed by atoms with Crippen molar-refractivity contribution in [1.29, 1.82) is 0 Å². The summed E-state index contributed by atoms with van der Waals surface area (Å²) in [5, 5.41) is 3.12. The van der Waals surface area contributed by atoms with Crippen molar-refractivity contribution in [3.63, 3.8) is 0 Å². The molecule has 0 aromatic rings. The first-order valence-corrected chi connectivity index (χ1v) is 6.15. The molecule has 90 valence electrons. The lowest BCUT2D eigenvalue weighted by molar-refractivity contribution is -0.0327.